The Kier molecular flexibility index (Phi) is 1.91. The number of hydrogen-bond acceptors (Lipinski definition) is 2. The lowest BCUT2D eigenvalue weighted by Gasteiger charge is -2.15. The highest BCUT2D eigenvalue weighted by Crippen LogP contribution is 2.26. The summed E-state index contributed by atoms with van der Waals surface area (Å²) in [6, 6.07) is 0. The van der Waals surface area contributed by atoms with E-state index in [1.165, 1.54) is 19.3 Å². The highest BCUT2D eigenvalue weighted by molar-refractivity contribution is 4.80. The summed E-state index contributed by atoms with van der Waals surface area (Å²) in [6.07, 6.45) is 5.66. The van der Waals surface area contributed by atoms with Crippen LogP contribution in [0.4, 0.5) is 0 Å². The van der Waals surface area contributed by atoms with E-state index in [1.54, 1.807) is 0 Å². The highest BCUT2D eigenvalue weighted by Gasteiger charge is 2.29. The van der Waals surface area contributed by atoms with E-state index in [0.717, 1.165) is 19.6 Å². The van der Waals surface area contributed by atoms with E-state index in [9.17, 15) is 0 Å². The Hall–Kier alpha value is -0.0800. The molecule has 10 heavy (non-hydrogen) atoms. The van der Waals surface area contributed by atoms with E-state index in [0.29, 0.717) is 12.2 Å². The quantitative estimate of drug-likeness (QED) is 0.508. The first-order valence-corrected chi connectivity index (χ1v) is 4.20. The summed E-state index contributed by atoms with van der Waals surface area (Å²) >= 11 is 0. The van der Waals surface area contributed by atoms with E-state index < -0.39 is 0 Å². The van der Waals surface area contributed by atoms with Gasteiger partial charge < -0.3 is 9.47 Å². The molecule has 2 aliphatic rings. The van der Waals surface area contributed by atoms with Crippen molar-refractivity contribution < 1.29 is 9.47 Å². The van der Waals surface area contributed by atoms with Crippen LogP contribution in [-0.4, -0.2) is 25.4 Å². The van der Waals surface area contributed by atoms with Crippen LogP contribution in [0.25, 0.3) is 0 Å². The molecule has 0 bridgehead atoms. The molecule has 1 aliphatic heterocycles. The van der Waals surface area contributed by atoms with Crippen LogP contribution in [0.5, 0.6) is 0 Å². The standard InChI is InChI=1S/C8H14O2/c1-3-7-8(4-1)10-6-2-5-9-7/h7-8H,1-6H2. The molecule has 1 saturated heterocycles. The van der Waals surface area contributed by atoms with Crippen LogP contribution < -0.4 is 0 Å². The molecule has 1 heterocycles. The molecular weight excluding hydrogens is 128 g/mol. The SMILES string of the molecule is C1COC2CCCC2OC1. The zero-order chi connectivity index (χ0) is 6.81. The lowest BCUT2D eigenvalue weighted by atomic mass is 10.3. The fourth-order valence-corrected chi connectivity index (χ4v) is 1.80. The summed E-state index contributed by atoms with van der Waals surface area (Å²) in [4.78, 5) is 0. The van der Waals surface area contributed by atoms with Gasteiger partial charge in [0.15, 0.2) is 0 Å². The van der Waals surface area contributed by atoms with Crippen LogP contribution in [-0.2, 0) is 9.47 Å². The first kappa shape index (κ1) is 6.62. The Bertz CT molecular complexity index is 102. The van der Waals surface area contributed by atoms with Crippen LogP contribution in [0.1, 0.15) is 25.7 Å². The minimum absolute atomic E-state index is 0.433. The van der Waals surface area contributed by atoms with Crippen LogP contribution >= 0.6 is 0 Å². The molecular formula is C8H14O2. The van der Waals surface area contributed by atoms with E-state index in [-0.39, 0.29) is 0 Å². The van der Waals surface area contributed by atoms with Crippen LogP contribution in [0.15, 0.2) is 0 Å². The van der Waals surface area contributed by atoms with Gasteiger partial charge in [0.2, 0.25) is 0 Å². The molecule has 0 amide bonds. The maximum atomic E-state index is 5.60. The van der Waals surface area contributed by atoms with Gasteiger partial charge in [0.25, 0.3) is 0 Å². The Balaban J connectivity index is 1.95. The van der Waals surface area contributed by atoms with Gasteiger partial charge in [0, 0.05) is 13.2 Å². The van der Waals surface area contributed by atoms with Crippen molar-refractivity contribution in [3.05, 3.63) is 0 Å². The summed E-state index contributed by atoms with van der Waals surface area (Å²) in [5.41, 5.74) is 0. The minimum atomic E-state index is 0.433. The molecule has 2 atom stereocenters. The Morgan fingerprint density at radius 3 is 2.00 bits per heavy atom. The molecule has 1 aliphatic carbocycles. The predicted octanol–water partition coefficient (Wildman–Crippen LogP) is 1.34. The molecule has 2 rings (SSSR count). The first-order chi connectivity index (χ1) is 4.97. The Morgan fingerprint density at radius 1 is 0.800 bits per heavy atom. The van der Waals surface area contributed by atoms with Gasteiger partial charge in [-0.15, -0.1) is 0 Å². The summed E-state index contributed by atoms with van der Waals surface area (Å²) in [5.74, 6) is 0. The van der Waals surface area contributed by atoms with Crippen molar-refractivity contribution in [3.8, 4) is 0 Å². The van der Waals surface area contributed by atoms with Crippen molar-refractivity contribution in [1.29, 1.82) is 0 Å². The first-order valence-electron chi connectivity index (χ1n) is 4.20. The summed E-state index contributed by atoms with van der Waals surface area (Å²) in [6.45, 7) is 1.81. The molecule has 58 valence electrons. The molecule has 1 saturated carbocycles. The number of ether oxygens (including phenoxy) is 2. The third-order valence-electron chi connectivity index (χ3n) is 2.34. The summed E-state index contributed by atoms with van der Waals surface area (Å²) in [5, 5.41) is 0. The maximum Gasteiger partial charge on any atom is 0.0836 e. The van der Waals surface area contributed by atoms with Gasteiger partial charge in [0.1, 0.15) is 0 Å². The minimum Gasteiger partial charge on any atom is -0.375 e. The topological polar surface area (TPSA) is 18.5 Å². The monoisotopic (exact) mass is 142 g/mol. The molecule has 0 aromatic heterocycles. The molecule has 2 heteroatoms. The second-order valence-corrected chi connectivity index (χ2v) is 3.10. The maximum absolute atomic E-state index is 5.60. The van der Waals surface area contributed by atoms with E-state index in [2.05, 4.69) is 0 Å². The average molecular weight is 142 g/mol. The predicted molar refractivity (Wildman–Crippen MR) is 37.9 cm³/mol. The Labute approximate surface area is 61.5 Å². The van der Waals surface area contributed by atoms with Crippen molar-refractivity contribution in [3.63, 3.8) is 0 Å². The smallest absolute Gasteiger partial charge is 0.0836 e. The highest BCUT2D eigenvalue weighted by atomic mass is 16.5. The third-order valence-corrected chi connectivity index (χ3v) is 2.34. The zero-order valence-electron chi connectivity index (χ0n) is 6.21. The molecule has 0 spiro atoms. The lowest BCUT2D eigenvalue weighted by molar-refractivity contribution is -0.0157. The van der Waals surface area contributed by atoms with Gasteiger partial charge in [-0.3, -0.25) is 0 Å². The molecule has 2 fully saturated rings. The Morgan fingerprint density at radius 2 is 1.40 bits per heavy atom. The fourth-order valence-electron chi connectivity index (χ4n) is 1.80. The van der Waals surface area contributed by atoms with Gasteiger partial charge in [-0.25, -0.2) is 0 Å². The van der Waals surface area contributed by atoms with Gasteiger partial charge in [-0.1, -0.05) is 0 Å². The molecule has 2 unspecified atom stereocenters. The van der Waals surface area contributed by atoms with Gasteiger partial charge in [-0.05, 0) is 25.7 Å². The number of fused-ring (bicyclic) bond motifs is 1. The average Bonchev–Trinajstić information content (AvgIpc) is 2.28. The van der Waals surface area contributed by atoms with E-state index in [1.807, 2.05) is 0 Å². The van der Waals surface area contributed by atoms with E-state index in [4.69, 9.17) is 9.47 Å². The van der Waals surface area contributed by atoms with Gasteiger partial charge in [0.05, 0.1) is 12.2 Å². The van der Waals surface area contributed by atoms with Crippen molar-refractivity contribution in [2.24, 2.45) is 0 Å². The van der Waals surface area contributed by atoms with Crippen LogP contribution in [0, 0.1) is 0 Å². The van der Waals surface area contributed by atoms with Crippen molar-refractivity contribution in [1.82, 2.24) is 0 Å². The molecule has 0 N–H and O–H groups in total. The van der Waals surface area contributed by atoms with Crippen molar-refractivity contribution >= 4 is 0 Å². The normalized spacial score (nSPS) is 40.8. The molecule has 0 aromatic carbocycles. The summed E-state index contributed by atoms with van der Waals surface area (Å²) < 4.78 is 11.2. The second-order valence-electron chi connectivity index (χ2n) is 3.10. The summed E-state index contributed by atoms with van der Waals surface area (Å²) in [7, 11) is 0. The van der Waals surface area contributed by atoms with Crippen molar-refractivity contribution in [2.45, 2.75) is 37.9 Å². The van der Waals surface area contributed by atoms with Crippen molar-refractivity contribution in [2.75, 3.05) is 13.2 Å². The number of hydrogen-bond donors (Lipinski definition) is 0. The van der Waals surface area contributed by atoms with Crippen LogP contribution in [0.3, 0.4) is 0 Å². The second kappa shape index (κ2) is 2.89. The lowest BCUT2D eigenvalue weighted by Crippen LogP contribution is -2.23. The molecule has 2 nitrogen and oxygen atoms in total. The van der Waals surface area contributed by atoms with Gasteiger partial charge >= 0.3 is 0 Å². The fraction of sp³-hybridized carbons (Fsp3) is 1.00. The van der Waals surface area contributed by atoms with E-state index >= 15 is 0 Å². The van der Waals surface area contributed by atoms with Crippen LogP contribution in [0.2, 0.25) is 0 Å². The third kappa shape index (κ3) is 1.18. The molecule has 0 aromatic rings. The molecule has 0 radical (unpaired) electrons. The largest absolute Gasteiger partial charge is 0.375 e. The van der Waals surface area contributed by atoms with Gasteiger partial charge in [-0.2, -0.15) is 0 Å². The number of rotatable bonds is 0. The zero-order valence-corrected chi connectivity index (χ0v) is 6.21.